The fourth-order valence-electron chi connectivity index (χ4n) is 2.90. The molecule has 0 N–H and O–H groups in total. The van der Waals surface area contributed by atoms with Crippen molar-refractivity contribution < 1.29 is 9.47 Å². The van der Waals surface area contributed by atoms with Crippen molar-refractivity contribution in [3.8, 4) is 0 Å². The van der Waals surface area contributed by atoms with Gasteiger partial charge in [0, 0.05) is 5.41 Å². The van der Waals surface area contributed by atoms with E-state index in [2.05, 4.69) is 36.9 Å². The highest BCUT2D eigenvalue weighted by Crippen LogP contribution is 2.45. The van der Waals surface area contributed by atoms with E-state index in [1.54, 1.807) is 0 Å². The monoisotopic (exact) mass is 270 g/mol. The number of rotatable bonds is 2. The third kappa shape index (κ3) is 2.58. The van der Waals surface area contributed by atoms with E-state index in [0.29, 0.717) is 0 Å². The lowest BCUT2D eigenvalue weighted by Gasteiger charge is -2.41. The van der Waals surface area contributed by atoms with Gasteiger partial charge in [0.2, 0.25) is 0 Å². The highest BCUT2D eigenvalue weighted by atomic mass is 16.7. The Hall–Kier alpha value is -1.38. The summed E-state index contributed by atoms with van der Waals surface area (Å²) in [5.74, 6) is -0.440. The molecule has 106 valence electrons. The minimum Gasteiger partial charge on any atom is -0.350 e. The second kappa shape index (κ2) is 4.87. The van der Waals surface area contributed by atoms with Crippen LogP contribution in [0.2, 0.25) is 0 Å². The van der Waals surface area contributed by atoms with Gasteiger partial charge in [-0.3, -0.25) is 0 Å². The van der Waals surface area contributed by atoms with Gasteiger partial charge in [-0.25, -0.2) is 0 Å². The summed E-state index contributed by atoms with van der Waals surface area (Å²) in [6, 6.07) is 10.4. The molecule has 2 nitrogen and oxygen atoms in total. The number of benzene rings is 1. The van der Waals surface area contributed by atoms with Crippen LogP contribution in [0.3, 0.4) is 0 Å². The molecule has 2 aliphatic rings. The molecule has 1 aliphatic heterocycles. The maximum absolute atomic E-state index is 5.85. The van der Waals surface area contributed by atoms with Gasteiger partial charge in [-0.1, -0.05) is 43.0 Å². The quantitative estimate of drug-likeness (QED) is 0.802. The van der Waals surface area contributed by atoms with Crippen molar-refractivity contribution >= 4 is 5.57 Å². The Kier molecular flexibility index (Phi) is 3.31. The third-order valence-corrected chi connectivity index (χ3v) is 4.31. The van der Waals surface area contributed by atoms with Crippen molar-refractivity contribution in [3.63, 3.8) is 0 Å². The van der Waals surface area contributed by atoms with Crippen molar-refractivity contribution in [1.82, 2.24) is 0 Å². The van der Waals surface area contributed by atoms with Crippen LogP contribution in [-0.4, -0.2) is 19.0 Å². The summed E-state index contributed by atoms with van der Waals surface area (Å²) in [5, 5.41) is 0. The molecule has 0 amide bonds. The third-order valence-electron chi connectivity index (χ3n) is 4.31. The van der Waals surface area contributed by atoms with Gasteiger partial charge in [-0.05, 0) is 43.4 Å². The van der Waals surface area contributed by atoms with E-state index < -0.39 is 5.79 Å². The predicted molar refractivity (Wildman–Crippen MR) is 81.2 cm³/mol. The van der Waals surface area contributed by atoms with Gasteiger partial charge in [0.25, 0.3) is 0 Å². The van der Waals surface area contributed by atoms with Crippen LogP contribution >= 0.6 is 0 Å². The maximum atomic E-state index is 5.85. The van der Waals surface area contributed by atoms with E-state index in [4.69, 9.17) is 9.47 Å². The van der Waals surface area contributed by atoms with Gasteiger partial charge >= 0.3 is 0 Å². The zero-order valence-electron chi connectivity index (χ0n) is 12.3. The fraction of sp³-hybridized carbons (Fsp3) is 0.444. The van der Waals surface area contributed by atoms with Crippen LogP contribution < -0.4 is 0 Å². The van der Waals surface area contributed by atoms with Crippen LogP contribution in [0.5, 0.6) is 0 Å². The van der Waals surface area contributed by atoms with Gasteiger partial charge < -0.3 is 9.47 Å². The van der Waals surface area contributed by atoms with Gasteiger partial charge in [0.05, 0.1) is 13.2 Å². The Morgan fingerprint density at radius 1 is 1.10 bits per heavy atom. The van der Waals surface area contributed by atoms with Gasteiger partial charge in [0.15, 0.2) is 5.79 Å². The van der Waals surface area contributed by atoms with E-state index in [9.17, 15) is 0 Å². The second-order valence-electron chi connectivity index (χ2n) is 6.43. The first-order chi connectivity index (χ1) is 9.50. The number of hydrogen-bond donors (Lipinski definition) is 0. The van der Waals surface area contributed by atoms with Crippen LogP contribution in [0, 0.1) is 5.41 Å². The zero-order chi connectivity index (χ0) is 14.2. The van der Waals surface area contributed by atoms with Gasteiger partial charge in [-0.15, -0.1) is 0 Å². The van der Waals surface area contributed by atoms with E-state index in [1.165, 1.54) is 11.1 Å². The molecule has 1 fully saturated rings. The van der Waals surface area contributed by atoms with E-state index in [-0.39, 0.29) is 5.41 Å². The lowest BCUT2D eigenvalue weighted by molar-refractivity contribution is -0.283. The van der Waals surface area contributed by atoms with Crippen molar-refractivity contribution in [1.29, 1.82) is 0 Å². The number of allylic oxidation sites excluding steroid dienone is 3. The highest BCUT2D eigenvalue weighted by molar-refractivity contribution is 5.77. The lowest BCUT2D eigenvalue weighted by atomic mass is 9.83. The van der Waals surface area contributed by atoms with Crippen LogP contribution in [0.15, 0.2) is 48.6 Å². The Morgan fingerprint density at radius 2 is 1.75 bits per heavy atom. The summed E-state index contributed by atoms with van der Waals surface area (Å²) in [5.41, 5.74) is 3.78. The first-order valence-corrected chi connectivity index (χ1v) is 7.21. The van der Waals surface area contributed by atoms with Crippen molar-refractivity contribution in [2.45, 2.75) is 32.5 Å². The standard InChI is InChI=1S/C18H22O2/c1-14(15-7-5-4-6-8-15)16-9-10-18(11-16)12-19-17(2,3)20-13-18/h4-9H,1,10-13H2,2-3H3. The molecule has 1 aromatic rings. The Balaban J connectivity index is 1.69. The minimum absolute atomic E-state index is 0.114. The molecule has 1 aromatic carbocycles. The van der Waals surface area contributed by atoms with Crippen LogP contribution in [-0.2, 0) is 9.47 Å². The molecule has 0 atom stereocenters. The van der Waals surface area contributed by atoms with Crippen LogP contribution in [0.4, 0.5) is 0 Å². The molecule has 2 heteroatoms. The molecule has 1 aliphatic carbocycles. The molecule has 0 radical (unpaired) electrons. The predicted octanol–water partition coefficient (Wildman–Crippen LogP) is 4.19. The molecule has 1 heterocycles. The summed E-state index contributed by atoms with van der Waals surface area (Å²) in [4.78, 5) is 0. The van der Waals surface area contributed by atoms with Crippen LogP contribution in [0.1, 0.15) is 32.3 Å². The first-order valence-electron chi connectivity index (χ1n) is 7.21. The number of ether oxygens (including phenoxy) is 2. The highest BCUT2D eigenvalue weighted by Gasteiger charge is 2.42. The largest absolute Gasteiger partial charge is 0.350 e. The molecule has 20 heavy (non-hydrogen) atoms. The smallest absolute Gasteiger partial charge is 0.162 e. The molecule has 0 saturated carbocycles. The van der Waals surface area contributed by atoms with Crippen LogP contribution in [0.25, 0.3) is 5.57 Å². The Bertz CT molecular complexity index is 530. The topological polar surface area (TPSA) is 18.5 Å². The molecule has 1 saturated heterocycles. The summed E-state index contributed by atoms with van der Waals surface area (Å²) in [7, 11) is 0. The van der Waals surface area contributed by atoms with Gasteiger partial charge in [-0.2, -0.15) is 0 Å². The number of hydrogen-bond acceptors (Lipinski definition) is 2. The Morgan fingerprint density at radius 3 is 2.40 bits per heavy atom. The lowest BCUT2D eigenvalue weighted by Crippen LogP contribution is -2.45. The SMILES string of the molecule is C=C(C1=CCC2(COC(C)(C)OC2)C1)c1ccccc1. The molecule has 0 bridgehead atoms. The fourth-order valence-corrected chi connectivity index (χ4v) is 2.90. The first kappa shape index (κ1) is 13.6. The summed E-state index contributed by atoms with van der Waals surface area (Å²) in [6.07, 6.45) is 4.32. The van der Waals surface area contributed by atoms with E-state index >= 15 is 0 Å². The maximum Gasteiger partial charge on any atom is 0.162 e. The van der Waals surface area contributed by atoms with Gasteiger partial charge in [0.1, 0.15) is 0 Å². The van der Waals surface area contributed by atoms with Crippen molar-refractivity contribution in [2.24, 2.45) is 5.41 Å². The van der Waals surface area contributed by atoms with Crippen molar-refractivity contribution in [2.75, 3.05) is 13.2 Å². The molecular weight excluding hydrogens is 248 g/mol. The molecule has 0 aromatic heterocycles. The molecule has 0 unspecified atom stereocenters. The average Bonchev–Trinajstić information content (AvgIpc) is 2.88. The molecule has 3 rings (SSSR count). The summed E-state index contributed by atoms with van der Waals surface area (Å²) in [6.45, 7) is 9.75. The second-order valence-corrected chi connectivity index (χ2v) is 6.43. The Labute approximate surface area is 121 Å². The zero-order valence-corrected chi connectivity index (χ0v) is 12.3. The van der Waals surface area contributed by atoms with E-state index in [1.807, 2.05) is 19.9 Å². The average molecular weight is 270 g/mol. The summed E-state index contributed by atoms with van der Waals surface area (Å²) >= 11 is 0. The minimum atomic E-state index is -0.440. The molecule has 1 spiro atoms. The normalized spacial score (nSPS) is 23.6. The summed E-state index contributed by atoms with van der Waals surface area (Å²) < 4.78 is 11.7. The van der Waals surface area contributed by atoms with Crippen molar-refractivity contribution in [3.05, 3.63) is 54.1 Å². The molecular formula is C18H22O2. The van der Waals surface area contributed by atoms with E-state index in [0.717, 1.165) is 31.6 Å².